The summed E-state index contributed by atoms with van der Waals surface area (Å²) in [5, 5.41) is 19.5. The highest BCUT2D eigenvalue weighted by atomic mass is 32.2. The Morgan fingerprint density at radius 1 is 1.47 bits per heavy atom. The topological polar surface area (TPSA) is 114 Å². The van der Waals surface area contributed by atoms with Crippen molar-refractivity contribution in [2.45, 2.75) is 5.03 Å². The van der Waals surface area contributed by atoms with Crippen molar-refractivity contribution in [2.75, 3.05) is 19.8 Å². The van der Waals surface area contributed by atoms with E-state index in [-0.39, 0.29) is 28.1 Å². The lowest BCUT2D eigenvalue weighted by atomic mass is 10.3. The predicted molar refractivity (Wildman–Crippen MR) is 67.3 cm³/mol. The molecule has 1 N–H and O–H groups in total. The first kappa shape index (κ1) is 14.9. The fourth-order valence-corrected chi connectivity index (χ4v) is 2.03. The SMILES string of the molecule is CN(C)C(=O)CSc1nc(C(=O)O)ccc1[N+](=O)[O-]. The minimum Gasteiger partial charge on any atom is -0.477 e. The Labute approximate surface area is 112 Å². The maximum atomic E-state index is 11.4. The number of carboxylic acids is 1. The highest BCUT2D eigenvalue weighted by Gasteiger charge is 2.20. The molecule has 0 bridgehead atoms. The molecule has 0 saturated carbocycles. The van der Waals surface area contributed by atoms with Gasteiger partial charge in [-0.05, 0) is 6.07 Å². The van der Waals surface area contributed by atoms with Gasteiger partial charge in [0.25, 0.3) is 0 Å². The van der Waals surface area contributed by atoms with E-state index in [1.807, 2.05) is 0 Å². The largest absolute Gasteiger partial charge is 0.477 e. The number of aromatic carboxylic acids is 1. The highest BCUT2D eigenvalue weighted by molar-refractivity contribution is 8.00. The van der Waals surface area contributed by atoms with E-state index in [4.69, 9.17) is 5.11 Å². The zero-order chi connectivity index (χ0) is 14.6. The molecule has 19 heavy (non-hydrogen) atoms. The summed E-state index contributed by atoms with van der Waals surface area (Å²) in [7, 11) is 3.11. The van der Waals surface area contributed by atoms with Crippen LogP contribution in [0.15, 0.2) is 17.2 Å². The number of carbonyl (C=O) groups excluding carboxylic acids is 1. The Morgan fingerprint density at radius 2 is 2.11 bits per heavy atom. The molecule has 0 radical (unpaired) electrons. The van der Waals surface area contributed by atoms with Crippen LogP contribution in [0.3, 0.4) is 0 Å². The third-order valence-corrected chi connectivity index (χ3v) is 3.05. The second kappa shape index (κ2) is 6.14. The number of carbonyl (C=O) groups is 2. The van der Waals surface area contributed by atoms with Crippen molar-refractivity contribution in [3.63, 3.8) is 0 Å². The van der Waals surface area contributed by atoms with E-state index in [2.05, 4.69) is 4.98 Å². The van der Waals surface area contributed by atoms with Gasteiger partial charge in [0.2, 0.25) is 5.91 Å². The van der Waals surface area contributed by atoms with Crippen LogP contribution in [0.4, 0.5) is 5.69 Å². The summed E-state index contributed by atoms with van der Waals surface area (Å²) in [4.78, 5) is 37.3. The number of aromatic nitrogens is 1. The molecule has 0 aliphatic rings. The Balaban J connectivity index is 3.01. The quantitative estimate of drug-likeness (QED) is 0.485. The van der Waals surface area contributed by atoms with Crippen molar-refractivity contribution >= 4 is 29.3 Å². The van der Waals surface area contributed by atoms with Crippen LogP contribution in [0.1, 0.15) is 10.5 Å². The van der Waals surface area contributed by atoms with Crippen LogP contribution in [0.5, 0.6) is 0 Å². The third kappa shape index (κ3) is 3.91. The van der Waals surface area contributed by atoms with E-state index in [1.165, 1.54) is 4.90 Å². The van der Waals surface area contributed by atoms with Gasteiger partial charge in [-0.1, -0.05) is 11.8 Å². The Bertz CT molecular complexity index is 532. The molecule has 102 valence electrons. The molecule has 1 heterocycles. The highest BCUT2D eigenvalue weighted by Crippen LogP contribution is 2.27. The molecule has 0 saturated heterocycles. The van der Waals surface area contributed by atoms with Crippen LogP contribution >= 0.6 is 11.8 Å². The summed E-state index contributed by atoms with van der Waals surface area (Å²) in [6, 6.07) is 2.12. The average molecular weight is 285 g/mol. The number of rotatable bonds is 5. The summed E-state index contributed by atoms with van der Waals surface area (Å²) in [5.41, 5.74) is -0.619. The number of nitrogens with zero attached hydrogens (tertiary/aromatic N) is 3. The summed E-state index contributed by atoms with van der Waals surface area (Å²) in [6.45, 7) is 0. The molecular weight excluding hydrogens is 274 g/mol. The van der Waals surface area contributed by atoms with Crippen molar-refractivity contribution in [3.05, 3.63) is 27.9 Å². The fraction of sp³-hybridized carbons (Fsp3) is 0.300. The number of nitro groups is 1. The summed E-state index contributed by atoms with van der Waals surface area (Å²) < 4.78 is 0. The average Bonchev–Trinajstić information content (AvgIpc) is 2.34. The summed E-state index contributed by atoms with van der Waals surface area (Å²) in [6.07, 6.45) is 0. The first-order valence-corrected chi connectivity index (χ1v) is 6.03. The second-order valence-electron chi connectivity index (χ2n) is 3.66. The van der Waals surface area contributed by atoms with Crippen LogP contribution in [-0.2, 0) is 4.79 Å². The van der Waals surface area contributed by atoms with Gasteiger partial charge in [-0.15, -0.1) is 0 Å². The van der Waals surface area contributed by atoms with E-state index < -0.39 is 10.9 Å². The molecule has 1 rings (SSSR count). The normalized spacial score (nSPS) is 10.0. The molecule has 0 aliphatic heterocycles. The van der Waals surface area contributed by atoms with E-state index in [1.54, 1.807) is 14.1 Å². The smallest absolute Gasteiger partial charge is 0.354 e. The Kier molecular flexibility index (Phi) is 4.81. The van der Waals surface area contributed by atoms with Gasteiger partial charge < -0.3 is 10.0 Å². The molecule has 1 amide bonds. The maximum absolute atomic E-state index is 11.4. The van der Waals surface area contributed by atoms with Gasteiger partial charge in [0.05, 0.1) is 10.7 Å². The molecular formula is C10H11N3O5S. The minimum atomic E-state index is -1.28. The molecule has 0 spiro atoms. The van der Waals surface area contributed by atoms with Gasteiger partial charge in [-0.25, -0.2) is 9.78 Å². The molecule has 9 heteroatoms. The zero-order valence-electron chi connectivity index (χ0n) is 10.2. The molecule has 0 fully saturated rings. The lowest BCUT2D eigenvalue weighted by Crippen LogP contribution is -2.23. The van der Waals surface area contributed by atoms with Crippen LogP contribution < -0.4 is 0 Å². The van der Waals surface area contributed by atoms with E-state index in [0.717, 1.165) is 23.9 Å². The minimum absolute atomic E-state index is 0.0517. The van der Waals surface area contributed by atoms with E-state index in [9.17, 15) is 19.7 Å². The van der Waals surface area contributed by atoms with E-state index >= 15 is 0 Å². The van der Waals surface area contributed by atoms with Crippen molar-refractivity contribution in [1.29, 1.82) is 0 Å². The van der Waals surface area contributed by atoms with Crippen molar-refractivity contribution in [2.24, 2.45) is 0 Å². The number of thioether (sulfide) groups is 1. The van der Waals surface area contributed by atoms with Crippen LogP contribution in [0.2, 0.25) is 0 Å². The van der Waals surface area contributed by atoms with Crippen LogP contribution in [0.25, 0.3) is 0 Å². The number of carboxylic acid groups (broad SMARTS) is 1. The monoisotopic (exact) mass is 285 g/mol. The molecule has 1 aromatic rings. The summed E-state index contributed by atoms with van der Waals surface area (Å²) in [5.74, 6) is -1.58. The van der Waals surface area contributed by atoms with Crippen molar-refractivity contribution in [3.8, 4) is 0 Å². The van der Waals surface area contributed by atoms with Gasteiger partial charge in [0.15, 0.2) is 5.03 Å². The maximum Gasteiger partial charge on any atom is 0.354 e. The molecule has 0 atom stereocenters. The molecule has 1 aromatic heterocycles. The lowest BCUT2D eigenvalue weighted by Gasteiger charge is -2.09. The molecule has 0 aliphatic carbocycles. The number of hydrogen-bond donors (Lipinski definition) is 1. The zero-order valence-corrected chi connectivity index (χ0v) is 11.0. The summed E-state index contributed by atoms with van der Waals surface area (Å²) >= 11 is 0.836. The standard InChI is InChI=1S/C10H11N3O5S/c1-12(2)8(14)5-19-9-7(13(17)18)4-3-6(11-9)10(15)16/h3-4H,5H2,1-2H3,(H,15,16). The van der Waals surface area contributed by atoms with Gasteiger partial charge in [0.1, 0.15) is 5.69 Å². The first-order chi connectivity index (χ1) is 8.82. The van der Waals surface area contributed by atoms with E-state index in [0.29, 0.717) is 0 Å². The van der Waals surface area contributed by atoms with Gasteiger partial charge in [-0.2, -0.15) is 0 Å². The van der Waals surface area contributed by atoms with Crippen LogP contribution in [0, 0.1) is 10.1 Å². The van der Waals surface area contributed by atoms with Crippen molar-refractivity contribution in [1.82, 2.24) is 9.88 Å². The van der Waals surface area contributed by atoms with Gasteiger partial charge in [-0.3, -0.25) is 14.9 Å². The Morgan fingerprint density at radius 3 is 2.58 bits per heavy atom. The molecule has 0 aromatic carbocycles. The van der Waals surface area contributed by atoms with Crippen LogP contribution in [-0.4, -0.2) is 51.6 Å². The van der Waals surface area contributed by atoms with Crippen molar-refractivity contribution < 1.29 is 19.6 Å². The molecule has 8 nitrogen and oxygen atoms in total. The third-order valence-electron chi connectivity index (χ3n) is 2.09. The second-order valence-corrected chi connectivity index (χ2v) is 4.62. The van der Waals surface area contributed by atoms with Gasteiger partial charge in [0, 0.05) is 20.2 Å². The van der Waals surface area contributed by atoms with Gasteiger partial charge >= 0.3 is 11.7 Å². The number of hydrogen-bond acceptors (Lipinski definition) is 6. The molecule has 0 unspecified atom stereocenters. The lowest BCUT2D eigenvalue weighted by molar-refractivity contribution is -0.388. The number of pyridine rings is 1. The number of amides is 1. The first-order valence-electron chi connectivity index (χ1n) is 5.04. The Hall–Kier alpha value is -2.16. The fourth-order valence-electron chi connectivity index (χ4n) is 1.06. The predicted octanol–water partition coefficient (Wildman–Crippen LogP) is 0.868.